The Balaban J connectivity index is 1.57. The van der Waals surface area contributed by atoms with Gasteiger partial charge in [-0.3, -0.25) is 9.69 Å². The van der Waals surface area contributed by atoms with E-state index < -0.39 is 0 Å². The van der Waals surface area contributed by atoms with Gasteiger partial charge in [-0.25, -0.2) is 0 Å². The van der Waals surface area contributed by atoms with E-state index in [4.69, 9.17) is 11.6 Å². The van der Waals surface area contributed by atoms with Gasteiger partial charge < -0.3 is 10.2 Å². The first-order chi connectivity index (χ1) is 10.5. The summed E-state index contributed by atoms with van der Waals surface area (Å²) in [6.07, 6.45) is 2.28. The molecule has 2 fully saturated rings. The Labute approximate surface area is 137 Å². The van der Waals surface area contributed by atoms with Gasteiger partial charge in [0.05, 0.1) is 6.04 Å². The highest BCUT2D eigenvalue weighted by Gasteiger charge is 2.30. The minimum Gasteiger partial charge on any atom is -0.369 e. The number of nitrogens with one attached hydrogen (secondary N) is 1. The third-order valence-corrected chi connectivity index (χ3v) is 4.91. The number of hydrogen-bond donors (Lipinski definition) is 1. The number of carbonyl (C=O) groups excluding carboxylic acids is 1. The van der Waals surface area contributed by atoms with E-state index in [-0.39, 0.29) is 11.9 Å². The summed E-state index contributed by atoms with van der Waals surface area (Å²) in [6.45, 7) is 7.81. The third kappa shape index (κ3) is 3.55. The van der Waals surface area contributed by atoms with Crippen molar-refractivity contribution in [3.8, 4) is 0 Å². The maximum absolute atomic E-state index is 12.2. The molecule has 4 nitrogen and oxygen atoms in total. The van der Waals surface area contributed by atoms with Gasteiger partial charge in [-0.15, -0.1) is 0 Å². The summed E-state index contributed by atoms with van der Waals surface area (Å²) < 4.78 is 0. The summed E-state index contributed by atoms with van der Waals surface area (Å²) in [5.74, 6) is 0.176. The van der Waals surface area contributed by atoms with E-state index in [0.717, 1.165) is 44.0 Å². The first-order valence-electron chi connectivity index (χ1n) is 8.10. The van der Waals surface area contributed by atoms with Gasteiger partial charge in [0, 0.05) is 42.9 Å². The van der Waals surface area contributed by atoms with Crippen LogP contribution in [-0.4, -0.2) is 49.1 Å². The van der Waals surface area contributed by atoms with Gasteiger partial charge >= 0.3 is 0 Å². The molecule has 1 atom stereocenters. The lowest BCUT2D eigenvalue weighted by Gasteiger charge is -2.39. The Hall–Kier alpha value is -1.26. The second-order valence-electron chi connectivity index (χ2n) is 6.41. The maximum atomic E-state index is 12.2. The van der Waals surface area contributed by atoms with Crippen molar-refractivity contribution in [3.63, 3.8) is 0 Å². The van der Waals surface area contributed by atoms with Crippen LogP contribution in [0.3, 0.4) is 0 Å². The summed E-state index contributed by atoms with van der Waals surface area (Å²) >= 11 is 6.12. The predicted molar refractivity (Wildman–Crippen MR) is 90.6 cm³/mol. The molecule has 1 aliphatic heterocycles. The molecule has 1 aliphatic carbocycles. The smallest absolute Gasteiger partial charge is 0.237 e. The Morgan fingerprint density at radius 2 is 1.95 bits per heavy atom. The second kappa shape index (κ2) is 6.47. The molecule has 2 aliphatic rings. The van der Waals surface area contributed by atoms with Gasteiger partial charge in [0.25, 0.3) is 0 Å². The molecule has 1 saturated carbocycles. The average molecular weight is 322 g/mol. The molecule has 1 saturated heterocycles. The predicted octanol–water partition coefficient (Wildman–Crippen LogP) is 2.44. The topological polar surface area (TPSA) is 35.6 Å². The van der Waals surface area contributed by atoms with Crippen molar-refractivity contribution < 1.29 is 4.79 Å². The van der Waals surface area contributed by atoms with E-state index in [9.17, 15) is 4.79 Å². The summed E-state index contributed by atoms with van der Waals surface area (Å²) in [7, 11) is 0. The molecule has 1 N–H and O–H groups in total. The van der Waals surface area contributed by atoms with Crippen LogP contribution in [-0.2, 0) is 4.79 Å². The Morgan fingerprint density at radius 1 is 1.27 bits per heavy atom. The van der Waals surface area contributed by atoms with Crippen LogP contribution in [0.15, 0.2) is 18.2 Å². The van der Waals surface area contributed by atoms with Gasteiger partial charge in [0.1, 0.15) is 0 Å². The molecule has 0 unspecified atom stereocenters. The van der Waals surface area contributed by atoms with Crippen LogP contribution in [0.5, 0.6) is 0 Å². The highest BCUT2D eigenvalue weighted by molar-refractivity contribution is 6.30. The zero-order valence-corrected chi connectivity index (χ0v) is 14.1. The van der Waals surface area contributed by atoms with Gasteiger partial charge in [-0.2, -0.15) is 0 Å². The first kappa shape index (κ1) is 15.6. The van der Waals surface area contributed by atoms with E-state index >= 15 is 0 Å². The van der Waals surface area contributed by atoms with Crippen LogP contribution in [0, 0.1) is 6.92 Å². The fourth-order valence-corrected chi connectivity index (χ4v) is 3.15. The van der Waals surface area contributed by atoms with E-state index in [1.165, 1.54) is 11.3 Å². The molecule has 3 rings (SSSR count). The standard InChI is InChI=1S/C17H24ClN3O/c1-12-3-4-14(18)11-16(12)21-9-7-20(8-10-21)13(2)17(22)19-15-5-6-15/h3-4,11,13,15H,5-10H2,1-2H3,(H,19,22)/t13-/m0/s1. The lowest BCUT2D eigenvalue weighted by Crippen LogP contribution is -2.54. The van der Waals surface area contributed by atoms with E-state index in [0.29, 0.717) is 6.04 Å². The summed E-state index contributed by atoms with van der Waals surface area (Å²) in [6, 6.07) is 6.43. The summed E-state index contributed by atoms with van der Waals surface area (Å²) in [5, 5.41) is 3.88. The lowest BCUT2D eigenvalue weighted by atomic mass is 10.1. The van der Waals surface area contributed by atoms with Gasteiger partial charge in [-0.1, -0.05) is 17.7 Å². The van der Waals surface area contributed by atoms with Gasteiger partial charge in [0.15, 0.2) is 0 Å². The number of benzene rings is 1. The number of hydrogen-bond acceptors (Lipinski definition) is 3. The third-order valence-electron chi connectivity index (χ3n) is 4.68. The normalized spacial score (nSPS) is 20.8. The van der Waals surface area contributed by atoms with Crippen molar-refractivity contribution in [1.29, 1.82) is 0 Å². The number of nitrogens with zero attached hydrogens (tertiary/aromatic N) is 2. The summed E-state index contributed by atoms with van der Waals surface area (Å²) in [4.78, 5) is 16.8. The van der Waals surface area contributed by atoms with Crippen LogP contribution >= 0.6 is 11.6 Å². The van der Waals surface area contributed by atoms with Crippen LogP contribution in [0.25, 0.3) is 0 Å². The van der Waals surface area contributed by atoms with Crippen molar-refractivity contribution in [1.82, 2.24) is 10.2 Å². The molecule has 5 heteroatoms. The molecule has 1 amide bonds. The molecule has 1 heterocycles. The quantitative estimate of drug-likeness (QED) is 0.925. The number of halogens is 1. The van der Waals surface area contributed by atoms with E-state index in [1.807, 2.05) is 19.1 Å². The Kier molecular flexibility index (Phi) is 4.59. The second-order valence-corrected chi connectivity index (χ2v) is 6.85. The van der Waals surface area contributed by atoms with Crippen molar-refractivity contribution >= 4 is 23.2 Å². The van der Waals surface area contributed by atoms with Crippen molar-refractivity contribution in [2.45, 2.75) is 38.8 Å². The highest BCUT2D eigenvalue weighted by Crippen LogP contribution is 2.25. The summed E-state index contributed by atoms with van der Waals surface area (Å²) in [5.41, 5.74) is 2.46. The lowest BCUT2D eigenvalue weighted by molar-refractivity contribution is -0.126. The Bertz CT molecular complexity index is 551. The van der Waals surface area contributed by atoms with Crippen LogP contribution in [0.2, 0.25) is 5.02 Å². The molecule has 22 heavy (non-hydrogen) atoms. The fourth-order valence-electron chi connectivity index (χ4n) is 2.99. The number of amides is 1. The van der Waals surface area contributed by atoms with Crippen LogP contribution in [0.4, 0.5) is 5.69 Å². The van der Waals surface area contributed by atoms with Crippen molar-refractivity contribution in [3.05, 3.63) is 28.8 Å². The molecule has 0 aromatic heterocycles. The van der Waals surface area contributed by atoms with Crippen LogP contribution < -0.4 is 10.2 Å². The fraction of sp³-hybridized carbons (Fsp3) is 0.588. The number of rotatable bonds is 4. The zero-order valence-electron chi connectivity index (χ0n) is 13.3. The molecular formula is C17H24ClN3O. The molecular weight excluding hydrogens is 298 g/mol. The van der Waals surface area contributed by atoms with Crippen molar-refractivity contribution in [2.24, 2.45) is 0 Å². The van der Waals surface area contributed by atoms with Gasteiger partial charge in [0.2, 0.25) is 5.91 Å². The molecule has 0 bridgehead atoms. The SMILES string of the molecule is Cc1ccc(Cl)cc1N1CCN([C@@H](C)C(=O)NC2CC2)CC1. The minimum absolute atomic E-state index is 0.0387. The number of carbonyl (C=O) groups is 1. The van der Waals surface area contributed by atoms with Crippen LogP contribution in [0.1, 0.15) is 25.3 Å². The number of anilines is 1. The molecule has 120 valence electrons. The zero-order chi connectivity index (χ0) is 15.7. The van der Waals surface area contributed by atoms with Crippen molar-refractivity contribution in [2.75, 3.05) is 31.1 Å². The number of aryl methyl sites for hydroxylation is 1. The van der Waals surface area contributed by atoms with Gasteiger partial charge in [-0.05, 0) is 44.4 Å². The van der Waals surface area contributed by atoms with E-state index in [1.54, 1.807) is 0 Å². The monoisotopic (exact) mass is 321 g/mol. The first-order valence-corrected chi connectivity index (χ1v) is 8.48. The van der Waals surface area contributed by atoms with E-state index in [2.05, 4.69) is 28.1 Å². The molecule has 1 aromatic carbocycles. The number of piperazine rings is 1. The molecule has 1 aromatic rings. The Morgan fingerprint density at radius 3 is 2.59 bits per heavy atom. The highest BCUT2D eigenvalue weighted by atomic mass is 35.5. The molecule has 0 radical (unpaired) electrons. The minimum atomic E-state index is -0.0387. The average Bonchev–Trinajstić information content (AvgIpc) is 3.33. The maximum Gasteiger partial charge on any atom is 0.237 e. The largest absolute Gasteiger partial charge is 0.369 e. The molecule has 0 spiro atoms.